The van der Waals surface area contributed by atoms with Crippen molar-refractivity contribution in [2.75, 3.05) is 17.7 Å². The summed E-state index contributed by atoms with van der Waals surface area (Å²) >= 11 is 1.62. The molecule has 2 aliphatic heterocycles. The lowest BCUT2D eigenvalue weighted by Gasteiger charge is -2.35. The number of nitrogens with one attached hydrogen (secondary N) is 1. The van der Waals surface area contributed by atoms with Crippen molar-refractivity contribution in [1.29, 1.82) is 5.26 Å². The highest BCUT2D eigenvalue weighted by Gasteiger charge is 2.60. The van der Waals surface area contributed by atoms with Gasteiger partial charge < -0.3 is 24.9 Å². The molecule has 0 aromatic carbocycles. The fraction of sp³-hybridized carbons (Fsp3) is 0.684. The van der Waals surface area contributed by atoms with Crippen LogP contribution in [-0.4, -0.2) is 57.6 Å². The number of carbonyl (C=O) groups excluding carboxylic acids is 1. The largest absolute Gasteiger partial charge is 0.444 e. The van der Waals surface area contributed by atoms with E-state index in [1.165, 1.54) is 0 Å². The molecule has 3 heterocycles. The lowest BCUT2D eigenvalue weighted by Crippen LogP contribution is -2.46. The number of ether oxygens (including phenoxy) is 3. The summed E-state index contributed by atoms with van der Waals surface area (Å²) in [6, 6.07) is 1.28. The number of anilines is 1. The van der Waals surface area contributed by atoms with Crippen LogP contribution in [0.15, 0.2) is 6.20 Å². The van der Waals surface area contributed by atoms with E-state index >= 15 is 0 Å². The fourth-order valence-electron chi connectivity index (χ4n) is 3.91. The molecular weight excluding hydrogens is 380 g/mol. The average Bonchev–Trinajstić information content (AvgIpc) is 3.16. The van der Waals surface area contributed by atoms with Crippen LogP contribution in [0.25, 0.3) is 0 Å². The minimum absolute atomic E-state index is 0.249. The Morgan fingerprint density at radius 2 is 2.07 bits per heavy atom. The van der Waals surface area contributed by atoms with Gasteiger partial charge in [-0.3, -0.25) is 4.90 Å². The molecule has 1 amide bonds. The topological polar surface area (TPSA) is 114 Å². The summed E-state index contributed by atoms with van der Waals surface area (Å²) in [5.74, 6) is -0.112. The number of hydrogen-bond donors (Lipinski definition) is 2. The van der Waals surface area contributed by atoms with Crippen molar-refractivity contribution in [3.63, 3.8) is 0 Å². The molecular formula is C19H28N4O4S. The van der Waals surface area contributed by atoms with E-state index in [4.69, 9.17) is 19.9 Å². The van der Waals surface area contributed by atoms with Gasteiger partial charge in [0.25, 0.3) is 0 Å². The third kappa shape index (κ3) is 3.69. The molecule has 0 saturated carbocycles. The Hall–Kier alpha value is -1.89. The molecule has 8 nitrogen and oxygen atoms in total. The van der Waals surface area contributed by atoms with Gasteiger partial charge in [-0.15, -0.1) is 0 Å². The summed E-state index contributed by atoms with van der Waals surface area (Å²) in [4.78, 5) is 17.7. The summed E-state index contributed by atoms with van der Waals surface area (Å²) in [6.45, 7) is 9.20. The second kappa shape index (κ2) is 7.17. The van der Waals surface area contributed by atoms with Crippen molar-refractivity contribution >= 4 is 23.5 Å². The third-order valence-corrected chi connectivity index (χ3v) is 5.51. The first-order valence-corrected chi connectivity index (χ1v) is 10.6. The molecule has 0 radical (unpaired) electrons. The predicted octanol–water partition coefficient (Wildman–Crippen LogP) is 3.01. The lowest BCUT2D eigenvalue weighted by atomic mass is 10.0. The minimum atomic E-state index is -0.770. The van der Waals surface area contributed by atoms with Gasteiger partial charge in [0.1, 0.15) is 29.6 Å². The zero-order chi connectivity index (χ0) is 20.9. The lowest BCUT2D eigenvalue weighted by molar-refractivity contribution is -0.166. The first kappa shape index (κ1) is 20.8. The van der Waals surface area contributed by atoms with E-state index in [2.05, 4.69) is 4.98 Å². The Labute approximate surface area is 169 Å². The van der Waals surface area contributed by atoms with Crippen LogP contribution in [0.4, 0.5) is 10.5 Å². The van der Waals surface area contributed by atoms with Crippen molar-refractivity contribution in [3.8, 4) is 6.07 Å². The molecule has 9 heteroatoms. The molecule has 4 atom stereocenters. The van der Waals surface area contributed by atoms with Crippen LogP contribution in [-0.2, 0) is 14.2 Å². The first-order valence-electron chi connectivity index (χ1n) is 9.22. The quantitative estimate of drug-likeness (QED) is 0.790. The van der Waals surface area contributed by atoms with E-state index in [0.717, 1.165) is 0 Å². The highest BCUT2D eigenvalue weighted by atomic mass is 32.2. The molecule has 1 aromatic rings. The third-order valence-electron chi connectivity index (χ3n) is 4.84. The maximum Gasteiger partial charge on any atom is 0.411 e. The van der Waals surface area contributed by atoms with E-state index < -0.39 is 29.6 Å². The molecule has 3 rings (SSSR count). The van der Waals surface area contributed by atoms with Gasteiger partial charge in [-0.25, -0.2) is 4.79 Å². The van der Waals surface area contributed by atoms with Crippen LogP contribution >= 0.6 is 11.8 Å². The van der Waals surface area contributed by atoms with Gasteiger partial charge in [-0.2, -0.15) is 17.0 Å². The van der Waals surface area contributed by atoms with Crippen LogP contribution in [0.5, 0.6) is 0 Å². The Morgan fingerprint density at radius 3 is 2.61 bits per heavy atom. The van der Waals surface area contributed by atoms with E-state index in [1.807, 2.05) is 46.9 Å². The number of nitrogens with zero attached hydrogens (tertiary/aromatic N) is 2. The van der Waals surface area contributed by atoms with Crippen molar-refractivity contribution in [3.05, 3.63) is 17.5 Å². The number of H-pyrrole nitrogens is 1. The average molecular weight is 409 g/mol. The molecule has 0 bridgehead atoms. The Balaban J connectivity index is 2.08. The van der Waals surface area contributed by atoms with Crippen molar-refractivity contribution < 1.29 is 19.0 Å². The highest BCUT2D eigenvalue weighted by Crippen LogP contribution is 2.49. The molecule has 0 aliphatic carbocycles. The highest BCUT2D eigenvalue weighted by molar-refractivity contribution is 7.98. The molecule has 3 N–H and O–H groups in total. The predicted molar refractivity (Wildman–Crippen MR) is 107 cm³/mol. The van der Waals surface area contributed by atoms with Crippen LogP contribution < -0.4 is 5.73 Å². The van der Waals surface area contributed by atoms with Crippen LogP contribution in [0.2, 0.25) is 0 Å². The van der Waals surface area contributed by atoms with Gasteiger partial charge in [-0.05, 0) is 40.9 Å². The number of nitrogen functional groups attached to an aromatic ring is 1. The van der Waals surface area contributed by atoms with E-state index in [0.29, 0.717) is 17.0 Å². The zero-order valence-electron chi connectivity index (χ0n) is 17.1. The van der Waals surface area contributed by atoms with Gasteiger partial charge in [0.05, 0.1) is 17.8 Å². The molecule has 2 aliphatic rings. The van der Waals surface area contributed by atoms with Crippen LogP contribution in [0.3, 0.4) is 0 Å². The summed E-state index contributed by atoms with van der Waals surface area (Å²) in [7, 11) is 0. The zero-order valence-corrected chi connectivity index (χ0v) is 17.9. The van der Waals surface area contributed by atoms with Gasteiger partial charge in [0.2, 0.25) is 0 Å². The van der Waals surface area contributed by atoms with Crippen molar-refractivity contribution in [2.24, 2.45) is 0 Å². The second-order valence-electron chi connectivity index (χ2n) is 8.56. The number of likely N-dealkylation sites (tertiary alicyclic amines) is 1. The standard InChI is InChI=1S/C19H28N4O4S/c1-18(2,3)27-17(24)23-12(9-28-6)15-16(26-19(4,5)25-15)14(23)10-8-22-11(7-20)13(10)21/h8,12,14-16,22H,9,21H2,1-6H3. The van der Waals surface area contributed by atoms with Crippen molar-refractivity contribution in [2.45, 2.75) is 70.3 Å². The number of nitriles is 1. The molecule has 4 unspecified atom stereocenters. The number of thioether (sulfide) groups is 1. The van der Waals surface area contributed by atoms with Gasteiger partial charge in [-0.1, -0.05) is 0 Å². The molecule has 28 heavy (non-hydrogen) atoms. The SMILES string of the molecule is CSCC1C2OC(C)(C)OC2C(c2c[nH]c(C#N)c2N)N1C(=O)OC(C)(C)C. The second-order valence-corrected chi connectivity index (χ2v) is 9.48. The summed E-state index contributed by atoms with van der Waals surface area (Å²) < 4.78 is 18.1. The summed E-state index contributed by atoms with van der Waals surface area (Å²) in [6.07, 6.45) is 2.47. The number of hydrogen-bond acceptors (Lipinski definition) is 7. The Kier molecular flexibility index (Phi) is 5.34. The number of rotatable bonds is 3. The molecule has 2 fully saturated rings. The van der Waals surface area contributed by atoms with Crippen molar-refractivity contribution in [1.82, 2.24) is 9.88 Å². The van der Waals surface area contributed by atoms with E-state index in [-0.39, 0.29) is 17.8 Å². The summed E-state index contributed by atoms with van der Waals surface area (Å²) in [5, 5.41) is 9.28. The molecule has 1 aromatic heterocycles. The molecule has 0 spiro atoms. The number of nitrogens with two attached hydrogens (primary N) is 1. The van der Waals surface area contributed by atoms with Gasteiger partial charge >= 0.3 is 6.09 Å². The maximum atomic E-state index is 13.2. The van der Waals surface area contributed by atoms with Crippen LogP contribution in [0.1, 0.15) is 51.9 Å². The number of aromatic nitrogens is 1. The molecule has 2 saturated heterocycles. The molecule has 154 valence electrons. The van der Waals surface area contributed by atoms with Gasteiger partial charge in [0.15, 0.2) is 5.79 Å². The van der Waals surface area contributed by atoms with E-state index in [9.17, 15) is 10.1 Å². The normalized spacial score (nSPS) is 28.8. The smallest absolute Gasteiger partial charge is 0.411 e. The van der Waals surface area contributed by atoms with Gasteiger partial charge in [0, 0.05) is 17.5 Å². The monoisotopic (exact) mass is 408 g/mol. The van der Waals surface area contributed by atoms with E-state index in [1.54, 1.807) is 22.9 Å². The van der Waals surface area contributed by atoms with Crippen LogP contribution in [0, 0.1) is 11.3 Å². The Bertz CT molecular complexity index is 795. The number of amides is 1. The minimum Gasteiger partial charge on any atom is -0.444 e. The summed E-state index contributed by atoms with van der Waals surface area (Å²) in [5.41, 5.74) is 6.80. The number of fused-ring (bicyclic) bond motifs is 1. The number of carbonyl (C=O) groups is 1. The maximum absolute atomic E-state index is 13.2. The fourth-order valence-corrected chi connectivity index (χ4v) is 4.60. The number of aromatic amines is 1. The Morgan fingerprint density at radius 1 is 1.43 bits per heavy atom. The first-order chi connectivity index (χ1) is 13.0.